The smallest absolute Gasteiger partial charge is 0.146 e. The summed E-state index contributed by atoms with van der Waals surface area (Å²) in [6.45, 7) is 0.394. The van der Waals surface area contributed by atoms with E-state index in [0.717, 1.165) is 23.8 Å². The van der Waals surface area contributed by atoms with E-state index in [1.807, 2.05) is 12.1 Å². The molecule has 0 atom stereocenters. The van der Waals surface area contributed by atoms with Crippen LogP contribution >= 0.6 is 0 Å². The van der Waals surface area contributed by atoms with E-state index in [0.29, 0.717) is 12.2 Å². The number of nitrogens with two attached hydrogens (primary N) is 1. The fraction of sp³-hybridized carbons (Fsp3) is 0.0769. The number of rotatable bonds is 3. The van der Waals surface area contributed by atoms with Crippen molar-refractivity contribution in [3.8, 4) is 0 Å². The van der Waals surface area contributed by atoms with Crippen molar-refractivity contribution >= 4 is 11.4 Å². The molecule has 17 heavy (non-hydrogen) atoms. The predicted molar refractivity (Wildman–Crippen MR) is 64.5 cm³/mol. The van der Waals surface area contributed by atoms with Gasteiger partial charge in [0.2, 0.25) is 0 Å². The summed E-state index contributed by atoms with van der Waals surface area (Å²) in [5.41, 5.74) is 7.32. The van der Waals surface area contributed by atoms with E-state index in [-0.39, 0.29) is 5.69 Å². The molecule has 0 aliphatic heterocycles. The first-order valence-electron chi connectivity index (χ1n) is 5.18. The van der Waals surface area contributed by atoms with Crippen LogP contribution in [0.2, 0.25) is 0 Å². The Morgan fingerprint density at radius 3 is 2.65 bits per heavy atom. The Hall–Kier alpha value is -2.10. The van der Waals surface area contributed by atoms with Crippen LogP contribution in [0.4, 0.5) is 20.2 Å². The van der Waals surface area contributed by atoms with Crippen LogP contribution in [0.3, 0.4) is 0 Å². The molecule has 0 heterocycles. The quantitative estimate of drug-likeness (QED) is 0.800. The summed E-state index contributed by atoms with van der Waals surface area (Å²) in [7, 11) is 0. The second-order valence-electron chi connectivity index (χ2n) is 3.72. The SMILES string of the molecule is Nc1cccc(CNc2cc(F)ccc2F)c1. The maximum absolute atomic E-state index is 13.3. The molecule has 3 N–H and O–H groups in total. The topological polar surface area (TPSA) is 38.0 Å². The highest BCUT2D eigenvalue weighted by Gasteiger charge is 2.03. The van der Waals surface area contributed by atoms with Gasteiger partial charge in [0.15, 0.2) is 0 Å². The lowest BCUT2D eigenvalue weighted by atomic mass is 10.2. The predicted octanol–water partition coefficient (Wildman–Crippen LogP) is 3.16. The fourth-order valence-electron chi connectivity index (χ4n) is 1.53. The average Bonchev–Trinajstić information content (AvgIpc) is 2.30. The normalized spacial score (nSPS) is 10.2. The van der Waals surface area contributed by atoms with Crippen molar-refractivity contribution in [1.29, 1.82) is 0 Å². The summed E-state index contributed by atoms with van der Waals surface area (Å²) in [6.07, 6.45) is 0. The molecule has 2 nitrogen and oxygen atoms in total. The van der Waals surface area contributed by atoms with Crippen molar-refractivity contribution < 1.29 is 8.78 Å². The highest BCUT2D eigenvalue weighted by atomic mass is 19.1. The van der Waals surface area contributed by atoms with Crippen LogP contribution in [-0.2, 0) is 6.54 Å². The van der Waals surface area contributed by atoms with Crippen LogP contribution in [-0.4, -0.2) is 0 Å². The van der Waals surface area contributed by atoms with Gasteiger partial charge in [-0.25, -0.2) is 8.78 Å². The van der Waals surface area contributed by atoms with Gasteiger partial charge in [-0.1, -0.05) is 12.1 Å². The van der Waals surface area contributed by atoms with Crippen LogP contribution in [0, 0.1) is 11.6 Å². The lowest BCUT2D eigenvalue weighted by molar-refractivity contribution is 0.602. The fourth-order valence-corrected chi connectivity index (χ4v) is 1.53. The summed E-state index contributed by atoms with van der Waals surface area (Å²) in [4.78, 5) is 0. The number of hydrogen-bond acceptors (Lipinski definition) is 2. The zero-order chi connectivity index (χ0) is 12.3. The average molecular weight is 234 g/mol. The van der Waals surface area contributed by atoms with Crippen LogP contribution in [0.25, 0.3) is 0 Å². The molecular weight excluding hydrogens is 222 g/mol. The molecule has 2 rings (SSSR count). The maximum Gasteiger partial charge on any atom is 0.146 e. The van der Waals surface area contributed by atoms with Crippen molar-refractivity contribution in [3.63, 3.8) is 0 Å². The molecule has 0 aromatic heterocycles. The van der Waals surface area contributed by atoms with E-state index >= 15 is 0 Å². The van der Waals surface area contributed by atoms with Gasteiger partial charge in [0.1, 0.15) is 11.6 Å². The lowest BCUT2D eigenvalue weighted by Crippen LogP contribution is -2.02. The molecule has 2 aromatic rings. The lowest BCUT2D eigenvalue weighted by Gasteiger charge is -2.08. The minimum Gasteiger partial charge on any atom is -0.399 e. The van der Waals surface area contributed by atoms with E-state index in [1.165, 1.54) is 0 Å². The Morgan fingerprint density at radius 1 is 1.06 bits per heavy atom. The summed E-state index contributed by atoms with van der Waals surface area (Å²) in [6, 6.07) is 10.5. The van der Waals surface area contributed by atoms with Crippen LogP contribution in [0.15, 0.2) is 42.5 Å². The Morgan fingerprint density at radius 2 is 1.88 bits per heavy atom. The molecule has 2 aromatic carbocycles. The first kappa shape index (κ1) is 11.4. The van der Waals surface area contributed by atoms with Gasteiger partial charge < -0.3 is 11.1 Å². The first-order chi connectivity index (χ1) is 8.15. The molecule has 0 bridgehead atoms. The number of benzene rings is 2. The zero-order valence-corrected chi connectivity index (χ0v) is 9.08. The molecule has 0 spiro atoms. The third-order valence-electron chi connectivity index (χ3n) is 2.36. The van der Waals surface area contributed by atoms with Gasteiger partial charge in [0, 0.05) is 12.2 Å². The third kappa shape index (κ3) is 2.93. The summed E-state index contributed by atoms with van der Waals surface area (Å²) in [5.74, 6) is -0.947. The second kappa shape index (κ2) is 4.82. The van der Waals surface area contributed by atoms with Gasteiger partial charge in [-0.3, -0.25) is 0 Å². The maximum atomic E-state index is 13.3. The standard InChI is InChI=1S/C13H12F2N2/c14-10-4-5-12(15)13(7-10)17-8-9-2-1-3-11(16)6-9/h1-7,17H,8,16H2. The zero-order valence-electron chi connectivity index (χ0n) is 9.08. The molecule has 0 aliphatic carbocycles. The summed E-state index contributed by atoms with van der Waals surface area (Å²) in [5, 5.41) is 2.83. The van der Waals surface area contributed by atoms with Crippen molar-refractivity contribution in [2.24, 2.45) is 0 Å². The van der Waals surface area contributed by atoms with Crippen LogP contribution < -0.4 is 11.1 Å². The largest absolute Gasteiger partial charge is 0.399 e. The van der Waals surface area contributed by atoms with E-state index in [1.54, 1.807) is 12.1 Å². The Kier molecular flexibility index (Phi) is 3.23. The van der Waals surface area contributed by atoms with Crippen molar-refractivity contribution in [3.05, 3.63) is 59.7 Å². The molecule has 0 aliphatic rings. The summed E-state index contributed by atoms with van der Waals surface area (Å²) >= 11 is 0. The second-order valence-corrected chi connectivity index (χ2v) is 3.72. The van der Waals surface area contributed by atoms with Gasteiger partial charge in [0.25, 0.3) is 0 Å². The highest BCUT2D eigenvalue weighted by Crippen LogP contribution is 2.16. The van der Waals surface area contributed by atoms with Crippen molar-refractivity contribution in [2.75, 3.05) is 11.1 Å². The molecule has 0 radical (unpaired) electrons. The molecule has 0 amide bonds. The molecular formula is C13H12F2N2. The van der Waals surface area contributed by atoms with E-state index in [4.69, 9.17) is 5.73 Å². The van der Waals surface area contributed by atoms with Gasteiger partial charge in [-0.15, -0.1) is 0 Å². The molecule has 0 saturated carbocycles. The number of nitrogens with one attached hydrogen (secondary N) is 1. The molecule has 0 fully saturated rings. The van der Waals surface area contributed by atoms with E-state index in [2.05, 4.69) is 5.32 Å². The monoisotopic (exact) mass is 234 g/mol. The van der Waals surface area contributed by atoms with E-state index in [9.17, 15) is 8.78 Å². The molecule has 88 valence electrons. The van der Waals surface area contributed by atoms with Crippen LogP contribution in [0.1, 0.15) is 5.56 Å². The Bertz CT molecular complexity index is 527. The summed E-state index contributed by atoms with van der Waals surface area (Å²) < 4.78 is 26.2. The molecule has 4 heteroatoms. The third-order valence-corrected chi connectivity index (χ3v) is 2.36. The van der Waals surface area contributed by atoms with E-state index < -0.39 is 11.6 Å². The van der Waals surface area contributed by atoms with Gasteiger partial charge in [0.05, 0.1) is 5.69 Å². The Balaban J connectivity index is 2.09. The van der Waals surface area contributed by atoms with Gasteiger partial charge in [-0.2, -0.15) is 0 Å². The van der Waals surface area contributed by atoms with Crippen molar-refractivity contribution in [2.45, 2.75) is 6.54 Å². The minimum absolute atomic E-state index is 0.146. The minimum atomic E-state index is -0.477. The van der Waals surface area contributed by atoms with Crippen LogP contribution in [0.5, 0.6) is 0 Å². The molecule has 0 unspecified atom stereocenters. The van der Waals surface area contributed by atoms with Crippen molar-refractivity contribution in [1.82, 2.24) is 0 Å². The number of hydrogen-bond donors (Lipinski definition) is 2. The Labute approximate surface area is 98.1 Å². The first-order valence-corrected chi connectivity index (χ1v) is 5.18. The van der Waals surface area contributed by atoms with Gasteiger partial charge >= 0.3 is 0 Å². The highest BCUT2D eigenvalue weighted by molar-refractivity contribution is 5.47. The van der Waals surface area contributed by atoms with Gasteiger partial charge in [-0.05, 0) is 35.9 Å². The number of anilines is 2. The number of nitrogen functional groups attached to an aromatic ring is 1. The molecule has 0 saturated heterocycles. The number of halogens is 2.